The van der Waals surface area contributed by atoms with Gasteiger partial charge in [-0.2, -0.15) is 5.10 Å². The molecule has 0 fully saturated rings. The maximum atomic E-state index is 13.1. The molecule has 0 atom stereocenters. The molecule has 0 saturated carbocycles. The molecule has 150 valence electrons. The van der Waals surface area contributed by atoms with Crippen molar-refractivity contribution in [2.45, 2.75) is 13.8 Å². The van der Waals surface area contributed by atoms with E-state index in [2.05, 4.69) is 10.4 Å². The van der Waals surface area contributed by atoms with E-state index in [0.29, 0.717) is 33.8 Å². The van der Waals surface area contributed by atoms with Crippen molar-refractivity contribution in [3.8, 4) is 17.1 Å². The van der Waals surface area contributed by atoms with Crippen LogP contribution < -0.4 is 11.1 Å². The second-order valence-corrected chi connectivity index (χ2v) is 6.93. The number of nitrogens with zero attached hydrogens (tertiary/aromatic N) is 2. The Labute approximate surface area is 173 Å². The molecule has 0 radical (unpaired) electrons. The number of aromatic nitrogens is 2. The number of nitrogens with one attached hydrogen (secondary N) is 1. The summed E-state index contributed by atoms with van der Waals surface area (Å²) in [7, 11) is 0. The van der Waals surface area contributed by atoms with Gasteiger partial charge in [0.15, 0.2) is 5.76 Å². The minimum Gasteiger partial charge on any atom is -0.460 e. The lowest BCUT2D eigenvalue weighted by Gasteiger charge is -2.08. The van der Waals surface area contributed by atoms with Gasteiger partial charge in [0.2, 0.25) is 5.91 Å². The second-order valence-electron chi connectivity index (χ2n) is 6.93. The number of anilines is 1. The van der Waals surface area contributed by atoms with Crippen LogP contribution in [-0.4, -0.2) is 21.6 Å². The van der Waals surface area contributed by atoms with E-state index in [1.165, 1.54) is 0 Å². The lowest BCUT2D eigenvalue weighted by Crippen LogP contribution is -2.15. The molecule has 3 N–H and O–H groups in total. The molecule has 2 aromatic carbocycles. The summed E-state index contributed by atoms with van der Waals surface area (Å²) in [6.45, 7) is 3.60. The third kappa shape index (κ3) is 3.73. The van der Waals surface area contributed by atoms with Gasteiger partial charge in [-0.05, 0) is 61.9 Å². The number of nitrogens with two attached hydrogens (primary N) is 1. The fourth-order valence-corrected chi connectivity index (χ4v) is 3.21. The van der Waals surface area contributed by atoms with Crippen LogP contribution in [0.25, 0.3) is 17.1 Å². The largest absolute Gasteiger partial charge is 0.460 e. The number of hydrogen-bond donors (Lipinski definition) is 2. The summed E-state index contributed by atoms with van der Waals surface area (Å²) in [6, 6.07) is 18.1. The van der Waals surface area contributed by atoms with Gasteiger partial charge < -0.3 is 15.5 Å². The molecule has 0 aliphatic heterocycles. The Balaban J connectivity index is 1.71. The quantitative estimate of drug-likeness (QED) is 0.526. The Hall–Kier alpha value is -4.13. The van der Waals surface area contributed by atoms with Gasteiger partial charge in [0.25, 0.3) is 5.91 Å². The summed E-state index contributed by atoms with van der Waals surface area (Å²) in [5, 5.41) is 7.44. The first kappa shape index (κ1) is 19.2. The van der Waals surface area contributed by atoms with Crippen molar-refractivity contribution in [2.24, 2.45) is 5.73 Å². The number of amides is 2. The fraction of sp³-hybridized carbons (Fsp3) is 0.0870. The molecule has 30 heavy (non-hydrogen) atoms. The van der Waals surface area contributed by atoms with Crippen LogP contribution in [0.5, 0.6) is 0 Å². The Morgan fingerprint density at radius 3 is 2.40 bits per heavy atom. The topological polar surface area (TPSA) is 103 Å². The molecule has 7 nitrogen and oxygen atoms in total. The molecule has 2 amide bonds. The zero-order valence-electron chi connectivity index (χ0n) is 16.5. The first-order chi connectivity index (χ1) is 14.4. The lowest BCUT2D eigenvalue weighted by atomic mass is 10.1. The van der Waals surface area contributed by atoms with Gasteiger partial charge in [0.05, 0.1) is 11.3 Å². The minimum atomic E-state index is -0.509. The number of benzene rings is 2. The average Bonchev–Trinajstić information content (AvgIpc) is 3.35. The molecule has 0 bridgehead atoms. The van der Waals surface area contributed by atoms with Crippen LogP contribution in [-0.2, 0) is 0 Å². The van der Waals surface area contributed by atoms with Crippen molar-refractivity contribution >= 4 is 17.5 Å². The van der Waals surface area contributed by atoms with Gasteiger partial charge in [-0.3, -0.25) is 9.59 Å². The Kier molecular flexibility index (Phi) is 4.93. The number of aryl methyl sites for hydroxylation is 2. The number of carbonyl (C=O) groups is 2. The van der Waals surface area contributed by atoms with Gasteiger partial charge >= 0.3 is 0 Å². The average molecular weight is 400 g/mol. The van der Waals surface area contributed by atoms with Crippen LogP contribution in [0.3, 0.4) is 0 Å². The van der Waals surface area contributed by atoms with Gasteiger partial charge in [0, 0.05) is 17.4 Å². The summed E-state index contributed by atoms with van der Waals surface area (Å²) in [6.07, 6.45) is 1.67. The van der Waals surface area contributed by atoms with E-state index in [0.717, 1.165) is 11.4 Å². The highest BCUT2D eigenvalue weighted by Crippen LogP contribution is 2.27. The number of para-hydroxylation sites is 1. The highest BCUT2D eigenvalue weighted by Gasteiger charge is 2.21. The number of rotatable bonds is 5. The maximum Gasteiger partial charge on any atom is 0.259 e. The van der Waals surface area contributed by atoms with Crippen LogP contribution in [0.15, 0.2) is 71.3 Å². The third-order valence-corrected chi connectivity index (χ3v) is 4.70. The van der Waals surface area contributed by atoms with Crippen LogP contribution in [0.2, 0.25) is 0 Å². The molecule has 7 heteroatoms. The van der Waals surface area contributed by atoms with Crippen molar-refractivity contribution in [1.82, 2.24) is 9.78 Å². The molecule has 0 saturated heterocycles. The molecule has 4 rings (SSSR count). The molecular weight excluding hydrogens is 380 g/mol. The van der Waals surface area contributed by atoms with Crippen LogP contribution in [0.4, 0.5) is 5.69 Å². The molecule has 0 spiro atoms. The Morgan fingerprint density at radius 1 is 1.00 bits per heavy atom. The van der Waals surface area contributed by atoms with Crippen LogP contribution in [0.1, 0.15) is 32.0 Å². The smallest absolute Gasteiger partial charge is 0.259 e. The van der Waals surface area contributed by atoms with Crippen LogP contribution >= 0.6 is 0 Å². The monoisotopic (exact) mass is 400 g/mol. The molecule has 2 aromatic heterocycles. The van der Waals surface area contributed by atoms with E-state index in [1.807, 2.05) is 43.3 Å². The maximum absolute atomic E-state index is 13.1. The first-order valence-electron chi connectivity index (χ1n) is 9.36. The van der Waals surface area contributed by atoms with Gasteiger partial charge in [-0.15, -0.1) is 0 Å². The number of hydrogen-bond acceptors (Lipinski definition) is 4. The van der Waals surface area contributed by atoms with E-state index < -0.39 is 5.91 Å². The normalized spacial score (nSPS) is 10.7. The van der Waals surface area contributed by atoms with Gasteiger partial charge in [0.1, 0.15) is 11.5 Å². The molecule has 2 heterocycles. The standard InChI is InChI=1S/C23H20N4O3/c1-14-12-16(9-10-18(14)22(24)28)25-23(29)19-13-27(17-6-4-3-5-7-17)26-21(19)20-11-8-15(2)30-20/h3-13H,1-2H3,(H2,24,28)(H,25,29). The van der Waals surface area contributed by atoms with Crippen molar-refractivity contribution in [3.63, 3.8) is 0 Å². The second kappa shape index (κ2) is 7.71. The predicted octanol–water partition coefficient (Wildman–Crippen LogP) is 4.10. The van der Waals surface area contributed by atoms with Crippen molar-refractivity contribution in [1.29, 1.82) is 0 Å². The van der Waals surface area contributed by atoms with Crippen molar-refractivity contribution in [3.05, 3.63) is 89.3 Å². The summed E-state index contributed by atoms with van der Waals surface area (Å²) >= 11 is 0. The third-order valence-electron chi connectivity index (χ3n) is 4.70. The fourth-order valence-electron chi connectivity index (χ4n) is 3.21. The number of furan rings is 1. The SMILES string of the molecule is Cc1ccc(-c2nn(-c3ccccc3)cc2C(=O)Nc2ccc(C(N)=O)c(C)c2)o1. The number of carbonyl (C=O) groups excluding carboxylic acids is 2. The minimum absolute atomic E-state index is 0.340. The van der Waals surface area contributed by atoms with Crippen molar-refractivity contribution in [2.75, 3.05) is 5.32 Å². The van der Waals surface area contributed by atoms with E-state index in [-0.39, 0.29) is 5.91 Å². The highest BCUT2D eigenvalue weighted by molar-refractivity contribution is 6.08. The molecule has 0 unspecified atom stereocenters. The summed E-state index contributed by atoms with van der Waals surface area (Å²) in [4.78, 5) is 24.5. The molecule has 0 aliphatic rings. The lowest BCUT2D eigenvalue weighted by molar-refractivity contribution is 0.0997. The molecular formula is C23H20N4O3. The summed E-state index contributed by atoms with van der Waals surface area (Å²) in [5.41, 5.74) is 8.63. The zero-order valence-corrected chi connectivity index (χ0v) is 16.5. The summed E-state index contributed by atoms with van der Waals surface area (Å²) < 4.78 is 7.36. The Morgan fingerprint density at radius 2 is 1.77 bits per heavy atom. The number of primary amides is 1. The molecule has 4 aromatic rings. The van der Waals surface area contributed by atoms with E-state index in [4.69, 9.17) is 10.2 Å². The highest BCUT2D eigenvalue weighted by atomic mass is 16.3. The molecule has 0 aliphatic carbocycles. The van der Waals surface area contributed by atoms with Gasteiger partial charge in [-0.25, -0.2) is 4.68 Å². The Bertz CT molecular complexity index is 1240. The van der Waals surface area contributed by atoms with Crippen molar-refractivity contribution < 1.29 is 14.0 Å². The van der Waals surface area contributed by atoms with E-state index in [9.17, 15) is 9.59 Å². The van der Waals surface area contributed by atoms with Crippen LogP contribution in [0, 0.1) is 13.8 Å². The predicted molar refractivity (Wildman–Crippen MR) is 114 cm³/mol. The van der Waals surface area contributed by atoms with E-state index >= 15 is 0 Å². The zero-order chi connectivity index (χ0) is 21.3. The summed E-state index contributed by atoms with van der Waals surface area (Å²) in [5.74, 6) is 0.383. The first-order valence-corrected chi connectivity index (χ1v) is 9.36. The van der Waals surface area contributed by atoms with E-state index in [1.54, 1.807) is 42.1 Å². The van der Waals surface area contributed by atoms with Gasteiger partial charge in [-0.1, -0.05) is 18.2 Å².